The van der Waals surface area contributed by atoms with E-state index in [0.717, 1.165) is 12.8 Å². The third kappa shape index (κ3) is 2.82. The summed E-state index contributed by atoms with van der Waals surface area (Å²) in [5.74, 6) is -1.58. The summed E-state index contributed by atoms with van der Waals surface area (Å²) in [6, 6.07) is 0.189. The summed E-state index contributed by atoms with van der Waals surface area (Å²) in [6.07, 6.45) is 4.46. The molecule has 2 heterocycles. The van der Waals surface area contributed by atoms with Crippen molar-refractivity contribution in [2.45, 2.75) is 43.8 Å². The fourth-order valence-corrected chi connectivity index (χ4v) is 2.52. The topological polar surface area (TPSA) is 64.3 Å². The van der Waals surface area contributed by atoms with Gasteiger partial charge in [0, 0.05) is 44.4 Å². The van der Waals surface area contributed by atoms with E-state index in [2.05, 4.69) is 9.97 Å². The first-order valence-corrected chi connectivity index (χ1v) is 6.89. The first kappa shape index (κ1) is 13.5. The molecule has 20 heavy (non-hydrogen) atoms. The second kappa shape index (κ2) is 5.12. The molecule has 3 rings (SSSR count). The molecular formula is C13H18F2N4O. The van der Waals surface area contributed by atoms with E-state index in [0.29, 0.717) is 11.7 Å². The van der Waals surface area contributed by atoms with Crippen LogP contribution in [0.5, 0.6) is 5.88 Å². The molecule has 7 heteroatoms. The molecule has 1 saturated carbocycles. The first-order valence-electron chi connectivity index (χ1n) is 6.89. The lowest BCUT2D eigenvalue weighted by atomic mass is 9.90. The Kier molecular flexibility index (Phi) is 3.45. The van der Waals surface area contributed by atoms with Crippen molar-refractivity contribution in [3.05, 3.63) is 12.4 Å². The molecule has 2 aliphatic rings. The second-order valence-corrected chi connectivity index (χ2v) is 5.50. The summed E-state index contributed by atoms with van der Waals surface area (Å²) in [5, 5.41) is 0. The monoisotopic (exact) mass is 284 g/mol. The van der Waals surface area contributed by atoms with Crippen LogP contribution >= 0.6 is 0 Å². The van der Waals surface area contributed by atoms with Crippen molar-refractivity contribution < 1.29 is 13.5 Å². The number of nitrogens with zero attached hydrogens (tertiary/aromatic N) is 3. The molecule has 1 aliphatic heterocycles. The van der Waals surface area contributed by atoms with Gasteiger partial charge in [0.25, 0.3) is 11.8 Å². The SMILES string of the molecule is NC1CC(Oc2nccnc2N2CCC(F)(F)CC2)C1. The molecular weight excluding hydrogens is 266 g/mol. The zero-order valence-corrected chi connectivity index (χ0v) is 11.1. The summed E-state index contributed by atoms with van der Waals surface area (Å²) in [4.78, 5) is 10.2. The Morgan fingerprint density at radius 3 is 2.50 bits per heavy atom. The highest BCUT2D eigenvalue weighted by atomic mass is 19.3. The predicted molar refractivity (Wildman–Crippen MR) is 70.1 cm³/mol. The zero-order valence-electron chi connectivity index (χ0n) is 11.1. The van der Waals surface area contributed by atoms with Gasteiger partial charge < -0.3 is 15.4 Å². The van der Waals surface area contributed by atoms with Gasteiger partial charge in [-0.1, -0.05) is 0 Å². The Morgan fingerprint density at radius 2 is 1.85 bits per heavy atom. The van der Waals surface area contributed by atoms with Crippen molar-refractivity contribution in [1.29, 1.82) is 0 Å². The van der Waals surface area contributed by atoms with E-state index >= 15 is 0 Å². The van der Waals surface area contributed by atoms with Crippen LogP contribution < -0.4 is 15.4 Å². The predicted octanol–water partition coefficient (Wildman–Crippen LogP) is 1.58. The number of alkyl halides is 2. The number of hydrogen-bond donors (Lipinski definition) is 1. The number of aromatic nitrogens is 2. The summed E-state index contributed by atoms with van der Waals surface area (Å²) in [5.41, 5.74) is 5.72. The molecule has 0 atom stereocenters. The highest BCUT2D eigenvalue weighted by molar-refractivity contribution is 5.48. The third-order valence-corrected chi connectivity index (χ3v) is 3.85. The second-order valence-electron chi connectivity index (χ2n) is 5.50. The minimum atomic E-state index is -2.57. The van der Waals surface area contributed by atoms with Gasteiger partial charge in [-0.3, -0.25) is 0 Å². The molecule has 110 valence electrons. The van der Waals surface area contributed by atoms with Gasteiger partial charge >= 0.3 is 0 Å². The fraction of sp³-hybridized carbons (Fsp3) is 0.692. The van der Waals surface area contributed by atoms with Crippen molar-refractivity contribution in [3.8, 4) is 5.88 Å². The van der Waals surface area contributed by atoms with Crippen LogP contribution in [0.3, 0.4) is 0 Å². The van der Waals surface area contributed by atoms with Gasteiger partial charge in [0.05, 0.1) is 0 Å². The minimum Gasteiger partial charge on any atom is -0.472 e. The van der Waals surface area contributed by atoms with Crippen molar-refractivity contribution in [1.82, 2.24) is 9.97 Å². The molecule has 1 aromatic heterocycles. The van der Waals surface area contributed by atoms with Crippen molar-refractivity contribution in [2.75, 3.05) is 18.0 Å². The zero-order chi connectivity index (χ0) is 14.2. The van der Waals surface area contributed by atoms with Gasteiger partial charge in [-0.05, 0) is 12.8 Å². The molecule has 2 N–H and O–H groups in total. The normalized spacial score (nSPS) is 28.9. The minimum absolute atomic E-state index is 0.0617. The van der Waals surface area contributed by atoms with E-state index in [1.807, 2.05) is 4.90 Å². The van der Waals surface area contributed by atoms with E-state index in [1.165, 1.54) is 0 Å². The third-order valence-electron chi connectivity index (χ3n) is 3.85. The first-order chi connectivity index (χ1) is 9.53. The van der Waals surface area contributed by atoms with Gasteiger partial charge in [0.1, 0.15) is 6.10 Å². The van der Waals surface area contributed by atoms with Crippen LogP contribution in [0.25, 0.3) is 0 Å². The number of nitrogens with two attached hydrogens (primary N) is 1. The summed E-state index contributed by atoms with van der Waals surface area (Å²) in [6.45, 7) is 0.540. The van der Waals surface area contributed by atoms with Gasteiger partial charge in [-0.25, -0.2) is 18.7 Å². The van der Waals surface area contributed by atoms with Crippen molar-refractivity contribution in [2.24, 2.45) is 5.73 Å². The summed E-state index contributed by atoms with van der Waals surface area (Å²) in [7, 11) is 0. The Morgan fingerprint density at radius 1 is 1.20 bits per heavy atom. The maximum atomic E-state index is 13.2. The van der Waals surface area contributed by atoms with Crippen molar-refractivity contribution >= 4 is 5.82 Å². The molecule has 1 aliphatic carbocycles. The number of ether oxygens (including phenoxy) is 1. The van der Waals surface area contributed by atoms with Crippen LogP contribution in [-0.2, 0) is 0 Å². The van der Waals surface area contributed by atoms with E-state index in [1.54, 1.807) is 12.4 Å². The molecule has 0 bridgehead atoms. The molecule has 0 amide bonds. The van der Waals surface area contributed by atoms with E-state index in [-0.39, 0.29) is 38.1 Å². The smallest absolute Gasteiger partial charge is 0.257 e. The number of halogens is 2. The number of anilines is 1. The maximum Gasteiger partial charge on any atom is 0.257 e. The van der Waals surface area contributed by atoms with Crippen LogP contribution in [0.1, 0.15) is 25.7 Å². The number of rotatable bonds is 3. The number of piperidine rings is 1. The molecule has 1 saturated heterocycles. The molecule has 5 nitrogen and oxygen atoms in total. The molecule has 0 radical (unpaired) electrons. The lowest BCUT2D eigenvalue weighted by molar-refractivity contribution is -0.0223. The lowest BCUT2D eigenvalue weighted by Crippen LogP contribution is -2.44. The van der Waals surface area contributed by atoms with Crippen LogP contribution in [0, 0.1) is 0 Å². The van der Waals surface area contributed by atoms with Crippen LogP contribution in [0.4, 0.5) is 14.6 Å². The largest absolute Gasteiger partial charge is 0.472 e. The Labute approximate surface area is 116 Å². The molecule has 0 spiro atoms. The van der Waals surface area contributed by atoms with E-state index in [4.69, 9.17) is 10.5 Å². The average molecular weight is 284 g/mol. The average Bonchev–Trinajstić information content (AvgIpc) is 2.38. The van der Waals surface area contributed by atoms with Crippen molar-refractivity contribution in [3.63, 3.8) is 0 Å². The fourth-order valence-electron chi connectivity index (χ4n) is 2.52. The number of hydrogen-bond acceptors (Lipinski definition) is 5. The molecule has 1 aromatic rings. The molecule has 0 unspecified atom stereocenters. The Bertz CT molecular complexity index is 469. The highest BCUT2D eigenvalue weighted by Gasteiger charge is 2.36. The maximum absolute atomic E-state index is 13.2. The van der Waals surface area contributed by atoms with Crippen LogP contribution in [-0.4, -0.2) is 41.1 Å². The molecule has 2 fully saturated rings. The van der Waals surface area contributed by atoms with Crippen LogP contribution in [0.2, 0.25) is 0 Å². The van der Waals surface area contributed by atoms with E-state index in [9.17, 15) is 8.78 Å². The van der Waals surface area contributed by atoms with Gasteiger partial charge in [0.15, 0.2) is 5.82 Å². The Balaban J connectivity index is 1.70. The summed E-state index contributed by atoms with van der Waals surface area (Å²) >= 11 is 0. The quantitative estimate of drug-likeness (QED) is 0.913. The standard InChI is InChI=1S/C13H18F2N4O/c14-13(15)1-5-19(6-2-13)11-12(18-4-3-17-11)20-10-7-9(16)8-10/h3-4,9-10H,1-2,5-8,16H2. The van der Waals surface area contributed by atoms with Gasteiger partial charge in [-0.15, -0.1) is 0 Å². The summed E-state index contributed by atoms with van der Waals surface area (Å²) < 4.78 is 32.2. The van der Waals surface area contributed by atoms with Gasteiger partial charge in [-0.2, -0.15) is 0 Å². The Hall–Kier alpha value is -1.50. The van der Waals surface area contributed by atoms with Crippen LogP contribution in [0.15, 0.2) is 12.4 Å². The van der Waals surface area contributed by atoms with E-state index < -0.39 is 5.92 Å². The molecule has 0 aromatic carbocycles. The lowest BCUT2D eigenvalue weighted by Gasteiger charge is -2.35. The highest BCUT2D eigenvalue weighted by Crippen LogP contribution is 2.34. The van der Waals surface area contributed by atoms with Gasteiger partial charge in [0.2, 0.25) is 0 Å².